The number of anilines is 1. The van der Waals surface area contributed by atoms with Gasteiger partial charge < -0.3 is 4.90 Å². The predicted molar refractivity (Wildman–Crippen MR) is 137 cm³/mol. The molecule has 0 atom stereocenters. The van der Waals surface area contributed by atoms with E-state index in [0.717, 1.165) is 15.6 Å². The molecule has 178 valence electrons. The fourth-order valence-corrected chi connectivity index (χ4v) is 4.78. The maximum absolute atomic E-state index is 13.3. The Hall–Kier alpha value is -2.91. The van der Waals surface area contributed by atoms with Crippen LogP contribution in [0.15, 0.2) is 82.8 Å². The van der Waals surface area contributed by atoms with Crippen molar-refractivity contribution in [3.05, 3.63) is 94.0 Å². The van der Waals surface area contributed by atoms with E-state index in [1.807, 2.05) is 43.3 Å². The number of amides is 1. The van der Waals surface area contributed by atoms with E-state index in [9.17, 15) is 13.2 Å². The SMILES string of the molecule is CN(C)c1ccc(/C=N\NC(=O)CN(Cc2cccc(Cl)c2)S(=O)(=O)c2ccc(Cl)cc2)cc1. The van der Waals surface area contributed by atoms with Gasteiger partial charge in [0.1, 0.15) is 0 Å². The molecule has 34 heavy (non-hydrogen) atoms. The van der Waals surface area contributed by atoms with Crippen LogP contribution in [0.5, 0.6) is 0 Å². The van der Waals surface area contributed by atoms with Crippen LogP contribution in [0.25, 0.3) is 0 Å². The smallest absolute Gasteiger partial charge is 0.255 e. The number of halogens is 2. The Morgan fingerprint density at radius 2 is 1.65 bits per heavy atom. The molecule has 1 amide bonds. The maximum atomic E-state index is 13.3. The molecule has 0 radical (unpaired) electrons. The molecule has 0 spiro atoms. The van der Waals surface area contributed by atoms with Gasteiger partial charge in [-0.05, 0) is 59.7 Å². The first-order valence-electron chi connectivity index (χ1n) is 10.2. The number of hydrazone groups is 1. The Balaban J connectivity index is 1.76. The molecule has 1 N–H and O–H groups in total. The number of sulfonamides is 1. The summed E-state index contributed by atoms with van der Waals surface area (Å²) in [5.41, 5.74) is 4.86. The van der Waals surface area contributed by atoms with Crippen LogP contribution in [-0.2, 0) is 21.4 Å². The molecule has 0 aliphatic heterocycles. The molecule has 0 saturated carbocycles. The van der Waals surface area contributed by atoms with Crippen molar-refractivity contribution in [1.29, 1.82) is 0 Å². The van der Waals surface area contributed by atoms with E-state index in [4.69, 9.17) is 23.2 Å². The Labute approximate surface area is 209 Å². The lowest BCUT2D eigenvalue weighted by Crippen LogP contribution is -2.39. The van der Waals surface area contributed by atoms with Crippen molar-refractivity contribution in [2.75, 3.05) is 25.5 Å². The zero-order valence-corrected chi connectivity index (χ0v) is 21.0. The second-order valence-corrected chi connectivity index (χ2v) is 10.4. The molecule has 10 heteroatoms. The molecule has 7 nitrogen and oxygen atoms in total. The Morgan fingerprint density at radius 1 is 0.971 bits per heavy atom. The summed E-state index contributed by atoms with van der Waals surface area (Å²) in [6, 6.07) is 20.1. The minimum absolute atomic E-state index is 0.0243. The van der Waals surface area contributed by atoms with Gasteiger partial charge in [0.2, 0.25) is 10.0 Å². The Morgan fingerprint density at radius 3 is 2.26 bits per heavy atom. The van der Waals surface area contributed by atoms with E-state index in [2.05, 4.69) is 10.5 Å². The summed E-state index contributed by atoms with van der Waals surface area (Å²) < 4.78 is 27.6. The molecule has 0 aliphatic rings. The zero-order chi connectivity index (χ0) is 24.7. The van der Waals surface area contributed by atoms with Crippen molar-refractivity contribution in [1.82, 2.24) is 9.73 Å². The Kier molecular flexibility index (Phi) is 8.68. The fourth-order valence-electron chi connectivity index (χ4n) is 3.05. The number of benzene rings is 3. The van der Waals surface area contributed by atoms with E-state index in [0.29, 0.717) is 15.6 Å². The Bertz CT molecular complexity index is 1260. The first kappa shape index (κ1) is 25.7. The minimum Gasteiger partial charge on any atom is -0.378 e. The van der Waals surface area contributed by atoms with Crippen LogP contribution in [0.3, 0.4) is 0 Å². The molecule has 0 fully saturated rings. The normalized spacial score (nSPS) is 11.7. The van der Waals surface area contributed by atoms with Crippen LogP contribution >= 0.6 is 23.2 Å². The third-order valence-corrected chi connectivity index (χ3v) is 7.12. The van der Waals surface area contributed by atoms with Gasteiger partial charge in [-0.3, -0.25) is 4.79 Å². The van der Waals surface area contributed by atoms with Crippen LogP contribution in [0.1, 0.15) is 11.1 Å². The van der Waals surface area contributed by atoms with Crippen molar-refractivity contribution >= 4 is 51.0 Å². The summed E-state index contributed by atoms with van der Waals surface area (Å²) in [4.78, 5) is 14.6. The van der Waals surface area contributed by atoms with Crippen molar-refractivity contribution in [3.63, 3.8) is 0 Å². The van der Waals surface area contributed by atoms with Crippen LogP contribution in [0.4, 0.5) is 5.69 Å². The number of carbonyl (C=O) groups excluding carboxylic acids is 1. The number of carbonyl (C=O) groups is 1. The molecule has 3 aromatic rings. The molecule has 0 aliphatic carbocycles. The van der Waals surface area contributed by atoms with Crippen molar-refractivity contribution in [3.8, 4) is 0 Å². The molecular weight excluding hydrogens is 495 g/mol. The lowest BCUT2D eigenvalue weighted by molar-refractivity contribution is -0.121. The molecule has 0 heterocycles. The standard InChI is InChI=1S/C24H24Cl2N4O3S/c1-29(2)22-10-6-18(7-11-22)15-27-28-24(31)17-30(16-19-4-3-5-21(26)14-19)34(32,33)23-12-8-20(25)9-13-23/h3-15H,16-17H2,1-2H3,(H,28,31)/b27-15-. The molecular formula is C24H24Cl2N4O3S. The van der Waals surface area contributed by atoms with Gasteiger partial charge in [0, 0.05) is 36.4 Å². The van der Waals surface area contributed by atoms with Crippen molar-refractivity contribution < 1.29 is 13.2 Å². The molecule has 3 rings (SSSR count). The number of hydrogen-bond acceptors (Lipinski definition) is 5. The van der Waals surface area contributed by atoms with Gasteiger partial charge in [-0.2, -0.15) is 9.41 Å². The highest BCUT2D eigenvalue weighted by Gasteiger charge is 2.27. The van der Waals surface area contributed by atoms with Crippen LogP contribution in [0, 0.1) is 0 Å². The molecule has 0 unspecified atom stereocenters. The van der Waals surface area contributed by atoms with Gasteiger partial charge in [0.15, 0.2) is 0 Å². The molecule has 0 bridgehead atoms. The average molecular weight is 519 g/mol. The highest BCUT2D eigenvalue weighted by Crippen LogP contribution is 2.21. The van der Waals surface area contributed by atoms with E-state index in [1.54, 1.807) is 24.3 Å². The molecule has 0 aromatic heterocycles. The van der Waals surface area contributed by atoms with E-state index >= 15 is 0 Å². The monoisotopic (exact) mass is 518 g/mol. The zero-order valence-electron chi connectivity index (χ0n) is 18.7. The molecule has 3 aromatic carbocycles. The lowest BCUT2D eigenvalue weighted by Gasteiger charge is -2.21. The summed E-state index contributed by atoms with van der Waals surface area (Å²) in [6.45, 7) is -0.483. The minimum atomic E-state index is -4.00. The van der Waals surface area contributed by atoms with Gasteiger partial charge in [-0.15, -0.1) is 0 Å². The summed E-state index contributed by atoms with van der Waals surface area (Å²) in [5.74, 6) is -0.583. The van der Waals surface area contributed by atoms with Gasteiger partial charge in [-0.1, -0.05) is 47.5 Å². The van der Waals surface area contributed by atoms with Gasteiger partial charge in [0.25, 0.3) is 5.91 Å². The largest absolute Gasteiger partial charge is 0.378 e. The van der Waals surface area contributed by atoms with Gasteiger partial charge >= 0.3 is 0 Å². The van der Waals surface area contributed by atoms with Crippen molar-refractivity contribution in [2.24, 2.45) is 5.10 Å². The third-order valence-electron chi connectivity index (χ3n) is 4.83. The third kappa shape index (κ3) is 7.04. The van der Waals surface area contributed by atoms with E-state index in [-0.39, 0.29) is 11.4 Å². The number of nitrogens with one attached hydrogen (secondary N) is 1. The van der Waals surface area contributed by atoms with Crippen molar-refractivity contribution in [2.45, 2.75) is 11.4 Å². The quantitative estimate of drug-likeness (QED) is 0.336. The topological polar surface area (TPSA) is 82.1 Å². The van der Waals surface area contributed by atoms with E-state index < -0.39 is 22.5 Å². The summed E-state index contributed by atoms with van der Waals surface area (Å²) >= 11 is 12.0. The number of hydrogen-bond donors (Lipinski definition) is 1. The maximum Gasteiger partial charge on any atom is 0.255 e. The van der Waals surface area contributed by atoms with Crippen LogP contribution in [0.2, 0.25) is 10.0 Å². The second kappa shape index (κ2) is 11.5. The van der Waals surface area contributed by atoms with Crippen LogP contribution in [-0.4, -0.2) is 45.5 Å². The second-order valence-electron chi connectivity index (χ2n) is 7.64. The first-order valence-corrected chi connectivity index (χ1v) is 12.4. The summed E-state index contributed by atoms with van der Waals surface area (Å²) in [7, 11) is -0.118. The highest BCUT2D eigenvalue weighted by molar-refractivity contribution is 7.89. The molecule has 0 saturated heterocycles. The van der Waals surface area contributed by atoms with Crippen LogP contribution < -0.4 is 10.3 Å². The highest BCUT2D eigenvalue weighted by atomic mass is 35.5. The average Bonchev–Trinajstić information content (AvgIpc) is 2.79. The number of rotatable bonds is 9. The number of nitrogens with zero attached hydrogens (tertiary/aromatic N) is 3. The van der Waals surface area contributed by atoms with Gasteiger partial charge in [0.05, 0.1) is 17.7 Å². The predicted octanol–water partition coefficient (Wildman–Crippen LogP) is 4.40. The summed E-state index contributed by atoms with van der Waals surface area (Å²) in [5, 5.41) is 4.84. The lowest BCUT2D eigenvalue weighted by atomic mass is 10.2. The first-order chi connectivity index (χ1) is 16.1. The van der Waals surface area contributed by atoms with Gasteiger partial charge in [-0.25, -0.2) is 13.8 Å². The van der Waals surface area contributed by atoms with E-state index in [1.165, 1.54) is 30.5 Å². The summed E-state index contributed by atoms with van der Waals surface area (Å²) in [6.07, 6.45) is 1.49. The fraction of sp³-hybridized carbons (Fsp3) is 0.167.